The van der Waals surface area contributed by atoms with Crippen LogP contribution in [0.25, 0.3) is 0 Å². The molecule has 0 aromatic heterocycles. The van der Waals surface area contributed by atoms with Crippen molar-refractivity contribution in [3.8, 4) is 11.5 Å². The summed E-state index contributed by atoms with van der Waals surface area (Å²) in [6.07, 6.45) is 0. The number of nitro groups is 1. The number of hydrogen-bond acceptors (Lipinski definition) is 4. The van der Waals surface area contributed by atoms with Gasteiger partial charge in [-0.3, -0.25) is 10.1 Å². The summed E-state index contributed by atoms with van der Waals surface area (Å²) in [5.74, 6) is -0.465. The van der Waals surface area contributed by atoms with Crippen LogP contribution in [0.2, 0.25) is 0 Å². The lowest BCUT2D eigenvalue weighted by Crippen LogP contribution is -2.02. The van der Waals surface area contributed by atoms with E-state index in [4.69, 9.17) is 4.74 Å². The number of aromatic carboxylic acids is 1. The van der Waals surface area contributed by atoms with Gasteiger partial charge in [-0.25, -0.2) is 4.79 Å². The van der Waals surface area contributed by atoms with Crippen LogP contribution < -0.4 is 4.74 Å². The molecule has 108 valence electrons. The topological polar surface area (TPSA) is 89.7 Å². The van der Waals surface area contributed by atoms with Gasteiger partial charge in [0.1, 0.15) is 17.1 Å². The maximum absolute atomic E-state index is 11.2. The molecule has 0 atom stereocenters. The van der Waals surface area contributed by atoms with Crippen molar-refractivity contribution in [2.24, 2.45) is 0 Å². The average Bonchev–Trinajstić information content (AvgIpc) is 2.42. The number of ether oxygens (including phenoxy) is 1. The predicted octanol–water partition coefficient (Wildman–Crippen LogP) is 3.70. The Morgan fingerprint density at radius 2 is 1.90 bits per heavy atom. The fourth-order valence-electron chi connectivity index (χ4n) is 1.93. The highest BCUT2D eigenvalue weighted by Gasteiger charge is 2.16. The summed E-state index contributed by atoms with van der Waals surface area (Å²) in [4.78, 5) is 21.4. The molecule has 0 heterocycles. The lowest BCUT2D eigenvalue weighted by molar-refractivity contribution is -0.384. The first-order chi connectivity index (χ1) is 9.90. The normalized spacial score (nSPS) is 10.2. The van der Waals surface area contributed by atoms with Crippen LogP contribution in [0.5, 0.6) is 11.5 Å². The first-order valence-electron chi connectivity index (χ1n) is 6.16. The zero-order valence-corrected chi connectivity index (χ0v) is 11.5. The second-order valence-corrected chi connectivity index (χ2v) is 4.57. The van der Waals surface area contributed by atoms with Gasteiger partial charge < -0.3 is 9.84 Å². The van der Waals surface area contributed by atoms with Crippen molar-refractivity contribution in [2.45, 2.75) is 13.8 Å². The Balaban J connectivity index is 2.44. The van der Waals surface area contributed by atoms with Gasteiger partial charge in [0.2, 0.25) is 0 Å². The average molecular weight is 287 g/mol. The quantitative estimate of drug-likeness (QED) is 0.684. The van der Waals surface area contributed by atoms with Gasteiger partial charge in [0.05, 0.1) is 4.92 Å². The van der Waals surface area contributed by atoms with E-state index < -0.39 is 10.9 Å². The van der Waals surface area contributed by atoms with Gasteiger partial charge in [-0.15, -0.1) is 0 Å². The van der Waals surface area contributed by atoms with Crippen molar-refractivity contribution < 1.29 is 19.6 Å². The maximum atomic E-state index is 11.2. The van der Waals surface area contributed by atoms with Crippen molar-refractivity contribution >= 4 is 11.7 Å². The minimum absolute atomic E-state index is 0.0388. The summed E-state index contributed by atoms with van der Waals surface area (Å²) in [6.45, 7) is 3.41. The Hall–Kier alpha value is -2.89. The first kappa shape index (κ1) is 14.5. The minimum Gasteiger partial charge on any atom is -0.478 e. The molecule has 0 aliphatic heterocycles. The number of para-hydroxylation sites is 1. The molecule has 2 aromatic carbocycles. The second kappa shape index (κ2) is 5.62. The van der Waals surface area contributed by atoms with Gasteiger partial charge in [-0.2, -0.15) is 0 Å². The Kier molecular flexibility index (Phi) is 3.89. The number of carbonyl (C=O) groups is 1. The zero-order valence-electron chi connectivity index (χ0n) is 11.5. The van der Waals surface area contributed by atoms with Crippen LogP contribution in [0.3, 0.4) is 0 Å². The van der Waals surface area contributed by atoms with Crippen LogP contribution in [0.15, 0.2) is 36.4 Å². The highest BCUT2D eigenvalue weighted by Crippen LogP contribution is 2.32. The summed E-state index contributed by atoms with van der Waals surface area (Å²) in [6, 6.07) is 8.99. The van der Waals surface area contributed by atoms with E-state index in [9.17, 15) is 20.0 Å². The second-order valence-electron chi connectivity index (χ2n) is 4.57. The lowest BCUT2D eigenvalue weighted by Gasteiger charge is -2.13. The SMILES string of the molecule is Cc1cc([N+](=O)[O-])ccc1Oc1c(C)cccc1C(=O)O. The molecule has 0 aliphatic carbocycles. The van der Waals surface area contributed by atoms with Gasteiger partial charge in [-0.05, 0) is 37.1 Å². The molecular formula is C15H13NO5. The van der Waals surface area contributed by atoms with E-state index in [1.165, 1.54) is 24.3 Å². The van der Waals surface area contributed by atoms with Crippen molar-refractivity contribution in [1.29, 1.82) is 0 Å². The number of hydrogen-bond donors (Lipinski definition) is 1. The van der Waals surface area contributed by atoms with Gasteiger partial charge in [-0.1, -0.05) is 12.1 Å². The molecule has 6 nitrogen and oxygen atoms in total. The van der Waals surface area contributed by atoms with Gasteiger partial charge in [0, 0.05) is 12.1 Å². The Morgan fingerprint density at radius 3 is 2.48 bits per heavy atom. The monoisotopic (exact) mass is 287 g/mol. The number of aryl methyl sites for hydroxylation is 2. The zero-order chi connectivity index (χ0) is 15.6. The van der Waals surface area contributed by atoms with E-state index in [0.717, 1.165) is 0 Å². The minimum atomic E-state index is -1.09. The molecular weight excluding hydrogens is 274 g/mol. The third kappa shape index (κ3) is 3.00. The van der Waals surface area contributed by atoms with Crippen LogP contribution in [-0.2, 0) is 0 Å². The number of nitro benzene ring substituents is 1. The van der Waals surface area contributed by atoms with Crippen LogP contribution in [0.1, 0.15) is 21.5 Å². The van der Waals surface area contributed by atoms with E-state index in [1.54, 1.807) is 26.0 Å². The Morgan fingerprint density at radius 1 is 1.19 bits per heavy atom. The highest BCUT2D eigenvalue weighted by atomic mass is 16.6. The summed E-state index contributed by atoms with van der Waals surface area (Å²) in [5.41, 5.74) is 1.24. The highest BCUT2D eigenvalue weighted by molar-refractivity contribution is 5.91. The van der Waals surface area contributed by atoms with Gasteiger partial charge in [0.15, 0.2) is 0 Å². The summed E-state index contributed by atoms with van der Waals surface area (Å²) in [7, 11) is 0. The Labute approximate surface area is 120 Å². The standard InChI is InChI=1S/C15H13NO5/c1-9-4-3-5-12(15(17)18)14(9)21-13-7-6-11(16(19)20)8-10(13)2/h3-8H,1-2H3,(H,17,18). The molecule has 0 fully saturated rings. The van der Waals surface area contributed by atoms with Crippen molar-refractivity contribution in [1.82, 2.24) is 0 Å². The molecule has 2 rings (SSSR count). The van der Waals surface area contributed by atoms with Crippen molar-refractivity contribution in [2.75, 3.05) is 0 Å². The molecule has 0 bridgehead atoms. The predicted molar refractivity (Wildman–Crippen MR) is 76.0 cm³/mol. The Bertz CT molecular complexity index is 724. The van der Waals surface area contributed by atoms with Crippen LogP contribution >= 0.6 is 0 Å². The number of rotatable bonds is 4. The number of carboxylic acids is 1. The van der Waals surface area contributed by atoms with E-state index in [0.29, 0.717) is 16.9 Å². The molecule has 6 heteroatoms. The molecule has 1 N–H and O–H groups in total. The van der Waals surface area contributed by atoms with Crippen LogP contribution in [-0.4, -0.2) is 16.0 Å². The van der Waals surface area contributed by atoms with E-state index in [2.05, 4.69) is 0 Å². The number of carboxylic acid groups (broad SMARTS) is 1. The fourth-order valence-corrected chi connectivity index (χ4v) is 1.93. The number of nitrogens with zero attached hydrogens (tertiary/aromatic N) is 1. The van der Waals surface area contributed by atoms with Crippen LogP contribution in [0, 0.1) is 24.0 Å². The molecule has 0 aliphatic rings. The third-order valence-electron chi connectivity index (χ3n) is 3.02. The van der Waals surface area contributed by atoms with E-state index >= 15 is 0 Å². The van der Waals surface area contributed by atoms with E-state index in [1.807, 2.05) is 0 Å². The third-order valence-corrected chi connectivity index (χ3v) is 3.02. The molecule has 0 radical (unpaired) electrons. The molecule has 21 heavy (non-hydrogen) atoms. The van der Waals surface area contributed by atoms with Crippen molar-refractivity contribution in [3.05, 3.63) is 63.2 Å². The van der Waals surface area contributed by atoms with Gasteiger partial charge >= 0.3 is 5.97 Å². The summed E-state index contributed by atoms with van der Waals surface area (Å²) in [5, 5.41) is 19.9. The molecule has 0 amide bonds. The fraction of sp³-hybridized carbons (Fsp3) is 0.133. The summed E-state index contributed by atoms with van der Waals surface area (Å²) >= 11 is 0. The molecule has 0 saturated heterocycles. The first-order valence-corrected chi connectivity index (χ1v) is 6.16. The number of non-ortho nitro benzene ring substituents is 1. The lowest BCUT2D eigenvalue weighted by atomic mass is 10.1. The molecule has 0 spiro atoms. The molecule has 0 saturated carbocycles. The number of benzene rings is 2. The van der Waals surface area contributed by atoms with Gasteiger partial charge in [0.25, 0.3) is 5.69 Å². The maximum Gasteiger partial charge on any atom is 0.339 e. The van der Waals surface area contributed by atoms with Crippen molar-refractivity contribution in [3.63, 3.8) is 0 Å². The largest absolute Gasteiger partial charge is 0.478 e. The molecule has 2 aromatic rings. The molecule has 0 unspecified atom stereocenters. The van der Waals surface area contributed by atoms with Crippen LogP contribution in [0.4, 0.5) is 5.69 Å². The van der Waals surface area contributed by atoms with E-state index in [-0.39, 0.29) is 17.0 Å². The summed E-state index contributed by atoms with van der Waals surface area (Å²) < 4.78 is 5.66. The smallest absolute Gasteiger partial charge is 0.339 e.